The molecule has 1 aliphatic rings. The summed E-state index contributed by atoms with van der Waals surface area (Å²) in [5.74, 6) is -0.847. The molecule has 1 aliphatic heterocycles. The van der Waals surface area contributed by atoms with E-state index in [9.17, 15) is 14.4 Å². The Hall–Kier alpha value is -2.47. The molecule has 25 heavy (non-hydrogen) atoms. The first-order chi connectivity index (χ1) is 12.1. The summed E-state index contributed by atoms with van der Waals surface area (Å²) in [6.45, 7) is 2.17. The predicted molar refractivity (Wildman–Crippen MR) is 95.9 cm³/mol. The molecule has 0 saturated carbocycles. The molecule has 0 radical (unpaired) electrons. The number of ketones is 1. The average Bonchev–Trinajstić information content (AvgIpc) is 3.28. The molecule has 2 heterocycles. The first-order valence-electron chi connectivity index (χ1n) is 8.21. The fourth-order valence-corrected chi connectivity index (χ4v) is 3.56. The van der Waals surface area contributed by atoms with E-state index in [1.807, 2.05) is 29.6 Å². The highest BCUT2D eigenvalue weighted by Crippen LogP contribution is 2.28. The maximum absolute atomic E-state index is 12.6. The SMILES string of the molecule is C[C@H](OC(=O)CCC(=O)c1cccs1)C(=O)N1CCc2ccccc21. The van der Waals surface area contributed by atoms with Crippen LogP contribution >= 0.6 is 11.3 Å². The van der Waals surface area contributed by atoms with Crippen LogP contribution in [-0.4, -0.2) is 30.3 Å². The Morgan fingerprint density at radius 3 is 2.72 bits per heavy atom. The Balaban J connectivity index is 1.52. The van der Waals surface area contributed by atoms with Crippen molar-refractivity contribution >= 4 is 34.7 Å². The van der Waals surface area contributed by atoms with Crippen molar-refractivity contribution in [2.24, 2.45) is 0 Å². The number of anilines is 1. The number of para-hydroxylation sites is 1. The van der Waals surface area contributed by atoms with Gasteiger partial charge in [-0.25, -0.2) is 0 Å². The molecule has 5 nitrogen and oxygen atoms in total. The number of Topliss-reactive ketones (excluding diaryl/α,β-unsaturated/α-hetero) is 1. The standard InChI is InChI=1S/C19H19NO4S/c1-13(19(23)20-11-10-14-5-2-3-6-15(14)20)24-18(22)9-8-16(21)17-7-4-12-25-17/h2-7,12-13H,8-11H2,1H3/t13-/m0/s1. The smallest absolute Gasteiger partial charge is 0.307 e. The fraction of sp³-hybridized carbons (Fsp3) is 0.316. The van der Waals surface area contributed by atoms with E-state index in [0.717, 1.165) is 17.7 Å². The third kappa shape index (κ3) is 3.96. The average molecular weight is 357 g/mol. The van der Waals surface area contributed by atoms with E-state index < -0.39 is 12.1 Å². The first kappa shape index (κ1) is 17.4. The molecule has 0 spiro atoms. The maximum Gasteiger partial charge on any atom is 0.307 e. The van der Waals surface area contributed by atoms with Gasteiger partial charge in [-0.15, -0.1) is 11.3 Å². The van der Waals surface area contributed by atoms with Crippen LogP contribution in [0.25, 0.3) is 0 Å². The zero-order valence-corrected chi connectivity index (χ0v) is 14.8. The molecule has 1 aromatic heterocycles. The van der Waals surface area contributed by atoms with Gasteiger partial charge < -0.3 is 9.64 Å². The number of nitrogens with zero attached hydrogens (tertiary/aromatic N) is 1. The van der Waals surface area contributed by atoms with Crippen LogP contribution in [0.2, 0.25) is 0 Å². The molecule has 1 amide bonds. The van der Waals surface area contributed by atoms with Gasteiger partial charge in [0.2, 0.25) is 0 Å². The van der Waals surface area contributed by atoms with Gasteiger partial charge in [0, 0.05) is 18.7 Å². The zero-order chi connectivity index (χ0) is 17.8. The van der Waals surface area contributed by atoms with Crippen LogP contribution in [0.1, 0.15) is 35.0 Å². The van der Waals surface area contributed by atoms with Crippen LogP contribution in [0, 0.1) is 0 Å². The summed E-state index contributed by atoms with van der Waals surface area (Å²) in [4.78, 5) is 38.7. The van der Waals surface area contributed by atoms with Crippen molar-refractivity contribution < 1.29 is 19.1 Å². The van der Waals surface area contributed by atoms with Crippen LogP contribution in [0.3, 0.4) is 0 Å². The molecule has 3 rings (SSSR count). The molecule has 130 valence electrons. The normalized spacial score (nSPS) is 14.0. The Morgan fingerprint density at radius 2 is 1.96 bits per heavy atom. The van der Waals surface area contributed by atoms with E-state index >= 15 is 0 Å². The van der Waals surface area contributed by atoms with Crippen LogP contribution < -0.4 is 4.90 Å². The largest absolute Gasteiger partial charge is 0.453 e. The number of thiophene rings is 1. The fourth-order valence-electron chi connectivity index (χ4n) is 2.87. The molecule has 2 aromatic rings. The lowest BCUT2D eigenvalue weighted by Gasteiger charge is -2.21. The maximum atomic E-state index is 12.6. The number of carbonyl (C=O) groups is 3. The first-order valence-corrected chi connectivity index (χ1v) is 9.09. The Kier molecular flexibility index (Phi) is 5.28. The number of benzene rings is 1. The lowest BCUT2D eigenvalue weighted by atomic mass is 10.2. The molecular formula is C19H19NO4S. The summed E-state index contributed by atoms with van der Waals surface area (Å²) in [6, 6.07) is 11.3. The molecular weight excluding hydrogens is 338 g/mol. The molecule has 0 fully saturated rings. The number of carbonyl (C=O) groups excluding carboxylic acids is 3. The van der Waals surface area contributed by atoms with Gasteiger partial charge in [0.15, 0.2) is 11.9 Å². The third-order valence-electron chi connectivity index (χ3n) is 4.16. The van der Waals surface area contributed by atoms with E-state index in [1.54, 1.807) is 24.0 Å². The molecule has 6 heteroatoms. The van der Waals surface area contributed by atoms with Crippen LogP contribution in [0.15, 0.2) is 41.8 Å². The highest BCUT2D eigenvalue weighted by molar-refractivity contribution is 7.12. The Labute approximate surface area is 150 Å². The second-order valence-electron chi connectivity index (χ2n) is 5.90. The van der Waals surface area contributed by atoms with Crippen molar-refractivity contribution in [1.29, 1.82) is 0 Å². The molecule has 0 unspecified atom stereocenters. The van der Waals surface area contributed by atoms with Crippen molar-refractivity contribution in [2.75, 3.05) is 11.4 Å². The molecule has 1 aromatic carbocycles. The van der Waals surface area contributed by atoms with Crippen molar-refractivity contribution in [3.63, 3.8) is 0 Å². The summed E-state index contributed by atoms with van der Waals surface area (Å²) >= 11 is 1.35. The van der Waals surface area contributed by atoms with Crippen molar-refractivity contribution in [3.8, 4) is 0 Å². The molecule has 0 aliphatic carbocycles. The zero-order valence-electron chi connectivity index (χ0n) is 13.9. The van der Waals surface area contributed by atoms with E-state index in [0.29, 0.717) is 11.4 Å². The van der Waals surface area contributed by atoms with Gasteiger partial charge in [0.1, 0.15) is 0 Å². The minimum Gasteiger partial charge on any atom is -0.453 e. The number of amides is 1. The number of esters is 1. The van der Waals surface area contributed by atoms with Crippen LogP contribution in [-0.2, 0) is 20.7 Å². The van der Waals surface area contributed by atoms with E-state index in [2.05, 4.69) is 0 Å². The number of fused-ring (bicyclic) bond motifs is 1. The van der Waals surface area contributed by atoms with E-state index in [4.69, 9.17) is 4.74 Å². The lowest BCUT2D eigenvalue weighted by molar-refractivity contribution is -0.153. The van der Waals surface area contributed by atoms with Gasteiger partial charge in [-0.2, -0.15) is 0 Å². The second kappa shape index (κ2) is 7.61. The van der Waals surface area contributed by atoms with Gasteiger partial charge >= 0.3 is 5.97 Å². The summed E-state index contributed by atoms with van der Waals surface area (Å²) in [7, 11) is 0. The number of rotatable bonds is 6. The van der Waals surface area contributed by atoms with Crippen molar-refractivity contribution in [1.82, 2.24) is 0 Å². The van der Waals surface area contributed by atoms with Gasteiger partial charge in [0.05, 0.1) is 11.3 Å². The lowest BCUT2D eigenvalue weighted by Crippen LogP contribution is -2.39. The number of hydrogen-bond donors (Lipinski definition) is 0. The number of ether oxygens (including phenoxy) is 1. The monoisotopic (exact) mass is 357 g/mol. The topological polar surface area (TPSA) is 63.7 Å². The van der Waals surface area contributed by atoms with Gasteiger partial charge in [-0.1, -0.05) is 24.3 Å². The van der Waals surface area contributed by atoms with E-state index in [1.165, 1.54) is 11.3 Å². The molecule has 0 N–H and O–H groups in total. The Morgan fingerprint density at radius 1 is 1.16 bits per heavy atom. The summed E-state index contributed by atoms with van der Waals surface area (Å²) in [5.41, 5.74) is 2.00. The summed E-state index contributed by atoms with van der Waals surface area (Å²) in [5, 5.41) is 1.82. The predicted octanol–water partition coefficient (Wildman–Crippen LogP) is 3.23. The highest BCUT2D eigenvalue weighted by Gasteiger charge is 2.29. The Bertz CT molecular complexity index is 784. The van der Waals surface area contributed by atoms with Crippen LogP contribution in [0.4, 0.5) is 5.69 Å². The summed E-state index contributed by atoms with van der Waals surface area (Å²) in [6.07, 6.45) is 0.00539. The van der Waals surface area contributed by atoms with Crippen molar-refractivity contribution in [3.05, 3.63) is 52.2 Å². The van der Waals surface area contributed by atoms with Gasteiger partial charge in [0.25, 0.3) is 5.91 Å². The molecule has 0 saturated heterocycles. The van der Waals surface area contributed by atoms with Crippen LogP contribution in [0.5, 0.6) is 0 Å². The van der Waals surface area contributed by atoms with E-state index in [-0.39, 0.29) is 24.5 Å². The van der Waals surface area contributed by atoms with Gasteiger partial charge in [-0.3, -0.25) is 14.4 Å². The second-order valence-corrected chi connectivity index (χ2v) is 6.85. The van der Waals surface area contributed by atoms with Gasteiger partial charge in [-0.05, 0) is 36.4 Å². The highest BCUT2D eigenvalue weighted by atomic mass is 32.1. The van der Waals surface area contributed by atoms with Crippen molar-refractivity contribution in [2.45, 2.75) is 32.3 Å². The molecule has 0 bridgehead atoms. The quantitative estimate of drug-likeness (QED) is 0.588. The minimum absolute atomic E-state index is 0.0229. The molecule has 1 atom stereocenters. The summed E-state index contributed by atoms with van der Waals surface area (Å²) < 4.78 is 5.23. The number of hydrogen-bond acceptors (Lipinski definition) is 5. The third-order valence-corrected chi connectivity index (χ3v) is 5.07. The minimum atomic E-state index is -0.865.